The highest BCUT2D eigenvalue weighted by Crippen LogP contribution is 2.45. The van der Waals surface area contributed by atoms with Crippen molar-refractivity contribution in [1.82, 2.24) is 0 Å². The van der Waals surface area contributed by atoms with E-state index in [-0.39, 0.29) is 45.2 Å². The number of carbonyl (C=O) groups is 4. The summed E-state index contributed by atoms with van der Waals surface area (Å²) in [6.07, 6.45) is 2.17. The molecule has 3 aromatic carbocycles. The molecule has 0 unspecified atom stereocenters. The summed E-state index contributed by atoms with van der Waals surface area (Å²) in [7, 11) is 0. The van der Waals surface area contributed by atoms with Gasteiger partial charge in [-0.05, 0) is 67.1 Å². The van der Waals surface area contributed by atoms with E-state index in [9.17, 15) is 19.2 Å². The van der Waals surface area contributed by atoms with Crippen molar-refractivity contribution in [3.63, 3.8) is 0 Å². The fourth-order valence-electron chi connectivity index (χ4n) is 5.21. The van der Waals surface area contributed by atoms with Crippen LogP contribution >= 0.6 is 23.2 Å². The van der Waals surface area contributed by atoms with E-state index < -0.39 is 18.5 Å². The van der Waals surface area contributed by atoms with Gasteiger partial charge in [0.25, 0.3) is 5.91 Å². The topological polar surface area (TPSA) is 92.8 Å². The van der Waals surface area contributed by atoms with Crippen LogP contribution in [0.15, 0.2) is 72.8 Å². The van der Waals surface area contributed by atoms with E-state index in [1.807, 2.05) is 18.2 Å². The maximum atomic E-state index is 13.3. The molecule has 2 fully saturated rings. The Morgan fingerprint density at radius 2 is 1.58 bits per heavy atom. The Labute approximate surface area is 229 Å². The molecule has 194 valence electrons. The smallest absolute Gasteiger partial charge is 0.338 e. The number of halogens is 2. The van der Waals surface area contributed by atoms with Crippen LogP contribution < -0.4 is 10.2 Å². The fraction of sp³-hybridized carbons (Fsp3) is 0.241. The lowest BCUT2D eigenvalue weighted by atomic mass is 9.73. The SMILES string of the molecule is O=C(COC(=O)c1ccc(N2C(=O)[C@H]3C[C@@H](c4ccccc4)CC[C@H]3C2=O)cc1)Nc1cccc(Cl)c1Cl. The molecular formula is C29H24Cl2N2O5. The normalized spacial score (nSPS) is 20.7. The Bertz CT molecular complexity index is 1390. The second-order valence-corrected chi connectivity index (χ2v) is 10.2. The molecule has 1 N–H and O–H groups in total. The Balaban J connectivity index is 1.20. The van der Waals surface area contributed by atoms with Crippen LogP contribution in [0, 0.1) is 11.8 Å². The summed E-state index contributed by atoms with van der Waals surface area (Å²) in [5, 5.41) is 3.01. The second-order valence-electron chi connectivity index (χ2n) is 9.42. The minimum absolute atomic E-state index is 0.183. The van der Waals surface area contributed by atoms with Crippen molar-refractivity contribution >= 4 is 58.3 Å². The summed E-state index contributed by atoms with van der Waals surface area (Å²) in [6, 6.07) is 20.9. The predicted molar refractivity (Wildman–Crippen MR) is 144 cm³/mol. The maximum absolute atomic E-state index is 13.3. The number of anilines is 2. The summed E-state index contributed by atoms with van der Waals surface area (Å²) in [4.78, 5) is 52.3. The van der Waals surface area contributed by atoms with Gasteiger partial charge in [-0.1, -0.05) is 59.6 Å². The van der Waals surface area contributed by atoms with E-state index in [1.165, 1.54) is 22.6 Å². The zero-order valence-electron chi connectivity index (χ0n) is 20.2. The van der Waals surface area contributed by atoms with E-state index >= 15 is 0 Å². The lowest BCUT2D eigenvalue weighted by molar-refractivity contribution is -0.122. The van der Waals surface area contributed by atoms with Gasteiger partial charge < -0.3 is 10.1 Å². The van der Waals surface area contributed by atoms with E-state index in [2.05, 4.69) is 17.4 Å². The summed E-state index contributed by atoms with van der Waals surface area (Å²) in [6.45, 7) is -0.529. The summed E-state index contributed by atoms with van der Waals surface area (Å²) in [5.41, 5.74) is 2.09. The first-order valence-electron chi connectivity index (χ1n) is 12.3. The van der Waals surface area contributed by atoms with Gasteiger partial charge in [-0.15, -0.1) is 0 Å². The van der Waals surface area contributed by atoms with Crippen molar-refractivity contribution in [2.45, 2.75) is 25.2 Å². The van der Waals surface area contributed by atoms with Crippen LogP contribution in [-0.4, -0.2) is 30.3 Å². The van der Waals surface area contributed by atoms with Gasteiger partial charge in [0, 0.05) is 0 Å². The number of carbonyl (C=O) groups excluding carboxylic acids is 4. The van der Waals surface area contributed by atoms with Crippen molar-refractivity contribution in [1.29, 1.82) is 0 Å². The number of esters is 1. The first-order valence-corrected chi connectivity index (χ1v) is 13.0. The molecule has 3 atom stereocenters. The lowest BCUT2D eigenvalue weighted by Gasteiger charge is -2.28. The number of fused-ring (bicyclic) bond motifs is 1. The number of imide groups is 1. The largest absolute Gasteiger partial charge is 0.452 e. The molecule has 0 aromatic heterocycles. The van der Waals surface area contributed by atoms with Crippen LogP contribution in [0.25, 0.3) is 0 Å². The monoisotopic (exact) mass is 550 g/mol. The van der Waals surface area contributed by atoms with Gasteiger partial charge >= 0.3 is 5.97 Å². The Kier molecular flexibility index (Phi) is 7.49. The van der Waals surface area contributed by atoms with Gasteiger partial charge in [0.2, 0.25) is 11.8 Å². The van der Waals surface area contributed by atoms with E-state index in [0.29, 0.717) is 24.2 Å². The van der Waals surface area contributed by atoms with Crippen molar-refractivity contribution in [2.75, 3.05) is 16.8 Å². The van der Waals surface area contributed by atoms with Gasteiger partial charge in [0.05, 0.1) is 38.8 Å². The van der Waals surface area contributed by atoms with Crippen LogP contribution in [0.3, 0.4) is 0 Å². The molecule has 1 aliphatic heterocycles. The minimum atomic E-state index is -0.720. The Morgan fingerprint density at radius 3 is 2.32 bits per heavy atom. The number of nitrogens with zero attached hydrogens (tertiary/aromatic N) is 1. The van der Waals surface area contributed by atoms with Gasteiger partial charge in [0.15, 0.2) is 6.61 Å². The number of amides is 3. The second kappa shape index (κ2) is 11.0. The van der Waals surface area contributed by atoms with Crippen molar-refractivity contribution in [3.8, 4) is 0 Å². The van der Waals surface area contributed by atoms with Crippen LogP contribution in [0.1, 0.15) is 41.1 Å². The molecule has 0 radical (unpaired) electrons. The van der Waals surface area contributed by atoms with Crippen molar-refractivity contribution < 1.29 is 23.9 Å². The van der Waals surface area contributed by atoms with E-state index in [4.69, 9.17) is 27.9 Å². The number of hydrogen-bond donors (Lipinski definition) is 1. The van der Waals surface area contributed by atoms with E-state index in [1.54, 1.807) is 30.3 Å². The molecule has 38 heavy (non-hydrogen) atoms. The van der Waals surface area contributed by atoms with Crippen LogP contribution in [0.4, 0.5) is 11.4 Å². The summed E-state index contributed by atoms with van der Waals surface area (Å²) < 4.78 is 5.10. The third-order valence-electron chi connectivity index (χ3n) is 7.12. The zero-order valence-corrected chi connectivity index (χ0v) is 21.7. The van der Waals surface area contributed by atoms with Gasteiger partial charge in [-0.25, -0.2) is 4.79 Å². The molecule has 5 rings (SSSR count). The molecule has 3 aromatic rings. The third kappa shape index (κ3) is 5.17. The van der Waals surface area contributed by atoms with Gasteiger partial charge in [0.1, 0.15) is 0 Å². The quantitative estimate of drug-likeness (QED) is 0.306. The highest BCUT2D eigenvalue weighted by atomic mass is 35.5. The predicted octanol–water partition coefficient (Wildman–Crippen LogP) is 5.86. The molecule has 0 bridgehead atoms. The molecule has 9 heteroatoms. The molecule has 1 heterocycles. The number of hydrogen-bond acceptors (Lipinski definition) is 5. The Morgan fingerprint density at radius 1 is 0.868 bits per heavy atom. The third-order valence-corrected chi connectivity index (χ3v) is 7.94. The highest BCUT2D eigenvalue weighted by Gasteiger charge is 2.50. The molecule has 0 spiro atoms. The average Bonchev–Trinajstić information content (AvgIpc) is 3.19. The average molecular weight is 551 g/mol. The number of rotatable bonds is 6. The molecule has 2 aliphatic rings. The van der Waals surface area contributed by atoms with Gasteiger partial charge in [-0.2, -0.15) is 0 Å². The molecule has 1 aliphatic carbocycles. The first kappa shape index (κ1) is 25.9. The van der Waals surface area contributed by atoms with Crippen LogP contribution in [0.5, 0.6) is 0 Å². The summed E-state index contributed by atoms with van der Waals surface area (Å²) >= 11 is 12.0. The highest BCUT2D eigenvalue weighted by molar-refractivity contribution is 6.44. The summed E-state index contributed by atoms with van der Waals surface area (Å²) in [5.74, 6) is -2.12. The van der Waals surface area contributed by atoms with Gasteiger partial charge in [-0.3, -0.25) is 19.3 Å². The fourth-order valence-corrected chi connectivity index (χ4v) is 5.56. The van der Waals surface area contributed by atoms with E-state index in [0.717, 1.165) is 6.42 Å². The van der Waals surface area contributed by atoms with Crippen LogP contribution in [-0.2, 0) is 19.1 Å². The first-order chi connectivity index (χ1) is 18.3. The maximum Gasteiger partial charge on any atom is 0.338 e. The molecule has 1 saturated carbocycles. The number of ether oxygens (including phenoxy) is 1. The minimum Gasteiger partial charge on any atom is -0.452 e. The molecule has 7 nitrogen and oxygen atoms in total. The van der Waals surface area contributed by atoms with Crippen LogP contribution in [0.2, 0.25) is 10.0 Å². The Hall–Kier alpha value is -3.68. The van der Waals surface area contributed by atoms with Crippen molar-refractivity contribution in [3.05, 3.63) is 94.0 Å². The number of nitrogens with one attached hydrogen (secondary N) is 1. The molecule has 1 saturated heterocycles. The zero-order chi connectivity index (χ0) is 26.8. The molecule has 3 amide bonds. The molecular weight excluding hydrogens is 527 g/mol. The van der Waals surface area contributed by atoms with Crippen molar-refractivity contribution in [2.24, 2.45) is 11.8 Å². The lowest BCUT2D eigenvalue weighted by Crippen LogP contribution is -2.30. The standard InChI is InChI=1S/C29H24Cl2N2O5/c30-23-7-4-8-24(26(23)31)32-25(34)16-38-29(37)18-9-12-20(13-10-18)33-27(35)21-14-11-19(15-22(21)28(33)36)17-5-2-1-3-6-17/h1-10,12-13,19,21-22H,11,14-16H2,(H,32,34)/t19-,21+,22-/m0/s1. The number of benzene rings is 3.